The van der Waals surface area contributed by atoms with E-state index in [4.69, 9.17) is 4.42 Å². The van der Waals surface area contributed by atoms with Crippen molar-refractivity contribution in [1.82, 2.24) is 15.2 Å². The van der Waals surface area contributed by atoms with Crippen molar-refractivity contribution in [2.24, 2.45) is 5.10 Å². The van der Waals surface area contributed by atoms with Gasteiger partial charge in [-0.15, -0.1) is 11.3 Å². The summed E-state index contributed by atoms with van der Waals surface area (Å²) in [4.78, 5) is 27.0. The Morgan fingerprint density at radius 3 is 2.92 bits per heavy atom. The first-order valence-electron chi connectivity index (χ1n) is 8.06. The summed E-state index contributed by atoms with van der Waals surface area (Å²) in [5.41, 5.74) is 0.852. The molecule has 3 amide bonds. The van der Waals surface area contributed by atoms with Crippen LogP contribution in [0.5, 0.6) is 0 Å². The predicted octanol–water partition coefficient (Wildman–Crippen LogP) is 2.68. The fraction of sp³-hybridized carbons (Fsp3) is 0.353. The molecular weight excluding hydrogens is 340 g/mol. The Morgan fingerprint density at radius 2 is 2.28 bits per heavy atom. The van der Waals surface area contributed by atoms with E-state index in [1.54, 1.807) is 30.7 Å². The van der Waals surface area contributed by atoms with Gasteiger partial charge in [-0.25, -0.2) is 9.80 Å². The number of rotatable bonds is 5. The monoisotopic (exact) mass is 360 g/mol. The van der Waals surface area contributed by atoms with Gasteiger partial charge in [0.2, 0.25) is 0 Å². The molecule has 7 nitrogen and oxygen atoms in total. The van der Waals surface area contributed by atoms with Gasteiger partial charge < -0.3 is 14.6 Å². The molecule has 1 atom stereocenters. The number of carbonyl (C=O) groups excluding carboxylic acids is 2. The number of hydrogen-bond donors (Lipinski definition) is 1. The molecule has 1 aliphatic heterocycles. The highest BCUT2D eigenvalue weighted by Gasteiger charge is 2.35. The number of likely N-dealkylation sites (N-methyl/N-ethyl adjacent to an activating group) is 1. The second-order valence-electron chi connectivity index (χ2n) is 5.69. The Hall–Kier alpha value is -2.61. The summed E-state index contributed by atoms with van der Waals surface area (Å²) in [6.07, 6.45) is 2.17. The number of amides is 3. The molecule has 0 saturated carbocycles. The van der Waals surface area contributed by atoms with Gasteiger partial charge in [0.15, 0.2) is 0 Å². The van der Waals surface area contributed by atoms with Gasteiger partial charge in [-0.3, -0.25) is 4.79 Å². The summed E-state index contributed by atoms with van der Waals surface area (Å²) in [6.45, 7) is 2.29. The van der Waals surface area contributed by atoms with E-state index in [2.05, 4.69) is 10.4 Å². The molecule has 0 bridgehead atoms. The van der Waals surface area contributed by atoms with Crippen molar-refractivity contribution in [3.05, 3.63) is 46.5 Å². The average molecular weight is 360 g/mol. The zero-order chi connectivity index (χ0) is 17.8. The van der Waals surface area contributed by atoms with Crippen LogP contribution >= 0.6 is 11.3 Å². The van der Waals surface area contributed by atoms with Crippen LogP contribution in [0.4, 0.5) is 4.79 Å². The average Bonchev–Trinajstić information content (AvgIpc) is 3.33. The van der Waals surface area contributed by atoms with E-state index in [1.165, 1.54) is 9.91 Å². The first kappa shape index (κ1) is 17.2. The zero-order valence-corrected chi connectivity index (χ0v) is 15.0. The Labute approximate surface area is 149 Å². The van der Waals surface area contributed by atoms with Gasteiger partial charge in [0.1, 0.15) is 18.3 Å². The zero-order valence-electron chi connectivity index (χ0n) is 14.1. The van der Waals surface area contributed by atoms with Crippen molar-refractivity contribution in [3.8, 4) is 0 Å². The number of carbonyl (C=O) groups is 2. The minimum atomic E-state index is -0.290. The Bertz CT molecular complexity index is 755. The van der Waals surface area contributed by atoms with Crippen LogP contribution in [0.2, 0.25) is 0 Å². The maximum atomic E-state index is 12.7. The lowest BCUT2D eigenvalue weighted by Gasteiger charge is -2.23. The van der Waals surface area contributed by atoms with E-state index in [-0.39, 0.29) is 24.5 Å². The van der Waals surface area contributed by atoms with Crippen LogP contribution in [0.1, 0.15) is 30.0 Å². The van der Waals surface area contributed by atoms with E-state index in [0.29, 0.717) is 18.7 Å². The van der Waals surface area contributed by atoms with Crippen molar-refractivity contribution in [1.29, 1.82) is 0 Å². The first-order chi connectivity index (χ1) is 12.1. The summed E-state index contributed by atoms with van der Waals surface area (Å²) in [6, 6.07) is 7.00. The number of thiophene rings is 1. The van der Waals surface area contributed by atoms with Gasteiger partial charge in [-0.05, 0) is 30.5 Å². The molecule has 3 rings (SSSR count). The second-order valence-corrected chi connectivity index (χ2v) is 6.64. The predicted molar refractivity (Wildman–Crippen MR) is 95.5 cm³/mol. The van der Waals surface area contributed by atoms with E-state index < -0.39 is 0 Å². The maximum Gasteiger partial charge on any atom is 0.317 e. The minimum Gasteiger partial charge on any atom is -0.467 e. The number of nitrogens with zero attached hydrogens (tertiary/aromatic N) is 3. The smallest absolute Gasteiger partial charge is 0.317 e. The normalized spacial score (nSPS) is 16.6. The molecule has 0 fully saturated rings. The first-order valence-corrected chi connectivity index (χ1v) is 8.94. The molecule has 0 saturated heterocycles. The van der Waals surface area contributed by atoms with E-state index >= 15 is 0 Å². The standard InChI is InChI=1S/C17H20N4O3S/c1-3-18-17(23)20(2)11-16(22)21-13(14-6-4-8-24-14)10-12(19-21)15-7-5-9-25-15/h4-9,13H,3,10-11H2,1-2H3,(H,18,23)/t13-/m1/s1. The van der Waals surface area contributed by atoms with Crippen LogP contribution in [0, 0.1) is 0 Å². The lowest BCUT2D eigenvalue weighted by Crippen LogP contribution is -2.43. The van der Waals surface area contributed by atoms with Crippen molar-refractivity contribution in [2.45, 2.75) is 19.4 Å². The third-order valence-electron chi connectivity index (χ3n) is 3.89. The maximum absolute atomic E-state index is 12.7. The van der Waals surface area contributed by atoms with Gasteiger partial charge in [0.05, 0.1) is 16.9 Å². The molecule has 1 N–H and O–H groups in total. The van der Waals surface area contributed by atoms with Crippen molar-refractivity contribution in [3.63, 3.8) is 0 Å². The van der Waals surface area contributed by atoms with Gasteiger partial charge in [0.25, 0.3) is 5.91 Å². The highest BCUT2D eigenvalue weighted by molar-refractivity contribution is 7.12. The van der Waals surface area contributed by atoms with Gasteiger partial charge in [0, 0.05) is 20.0 Å². The lowest BCUT2D eigenvalue weighted by molar-refractivity contribution is -0.133. The third kappa shape index (κ3) is 3.74. The van der Waals surface area contributed by atoms with E-state index in [9.17, 15) is 9.59 Å². The summed E-state index contributed by atoms with van der Waals surface area (Å²) in [5.74, 6) is 0.436. The number of nitrogens with one attached hydrogen (secondary N) is 1. The number of hydrogen-bond acceptors (Lipinski definition) is 5. The van der Waals surface area contributed by atoms with Crippen LogP contribution in [0.15, 0.2) is 45.4 Å². The molecule has 132 valence electrons. The van der Waals surface area contributed by atoms with E-state index in [0.717, 1.165) is 10.6 Å². The van der Waals surface area contributed by atoms with Crippen LogP contribution in [-0.4, -0.2) is 47.7 Å². The molecule has 25 heavy (non-hydrogen) atoms. The summed E-state index contributed by atoms with van der Waals surface area (Å²) < 4.78 is 5.50. The van der Waals surface area contributed by atoms with Crippen LogP contribution in [0.25, 0.3) is 0 Å². The molecule has 0 unspecified atom stereocenters. The molecule has 8 heteroatoms. The van der Waals surface area contributed by atoms with Gasteiger partial charge in [-0.2, -0.15) is 5.10 Å². The number of furan rings is 1. The van der Waals surface area contributed by atoms with Crippen molar-refractivity contribution in [2.75, 3.05) is 20.1 Å². The molecule has 3 heterocycles. The largest absolute Gasteiger partial charge is 0.467 e. The fourth-order valence-electron chi connectivity index (χ4n) is 2.67. The van der Waals surface area contributed by atoms with Gasteiger partial charge in [-0.1, -0.05) is 6.07 Å². The molecular formula is C17H20N4O3S. The molecule has 2 aromatic heterocycles. The lowest BCUT2D eigenvalue weighted by atomic mass is 10.1. The summed E-state index contributed by atoms with van der Waals surface area (Å²) in [7, 11) is 1.59. The summed E-state index contributed by atoms with van der Waals surface area (Å²) >= 11 is 1.58. The van der Waals surface area contributed by atoms with Crippen LogP contribution < -0.4 is 5.32 Å². The summed E-state index contributed by atoms with van der Waals surface area (Å²) in [5, 5.41) is 10.6. The van der Waals surface area contributed by atoms with Crippen molar-refractivity contribution < 1.29 is 14.0 Å². The topological polar surface area (TPSA) is 78.2 Å². The number of hydrazone groups is 1. The van der Waals surface area contributed by atoms with Crippen molar-refractivity contribution >= 4 is 29.0 Å². The van der Waals surface area contributed by atoms with Crippen LogP contribution in [0.3, 0.4) is 0 Å². The van der Waals surface area contributed by atoms with E-state index in [1.807, 2.05) is 30.5 Å². The number of urea groups is 1. The van der Waals surface area contributed by atoms with Gasteiger partial charge >= 0.3 is 6.03 Å². The molecule has 0 aliphatic carbocycles. The molecule has 2 aromatic rings. The Morgan fingerprint density at radius 1 is 1.44 bits per heavy atom. The highest BCUT2D eigenvalue weighted by Crippen LogP contribution is 2.34. The third-order valence-corrected chi connectivity index (χ3v) is 4.81. The Kier molecular flexibility index (Phi) is 5.18. The second kappa shape index (κ2) is 7.52. The highest BCUT2D eigenvalue weighted by atomic mass is 32.1. The minimum absolute atomic E-state index is 0.0513. The molecule has 1 aliphatic rings. The van der Waals surface area contributed by atoms with Crippen LogP contribution in [-0.2, 0) is 4.79 Å². The SMILES string of the molecule is CCNC(=O)N(C)CC(=O)N1N=C(c2cccs2)C[C@@H]1c1ccco1. The molecule has 0 radical (unpaired) electrons. The Balaban J connectivity index is 1.79. The fourth-order valence-corrected chi connectivity index (χ4v) is 3.39. The molecule has 0 spiro atoms. The quantitative estimate of drug-likeness (QED) is 0.890. The molecule has 0 aromatic carbocycles.